The average molecular weight is 249 g/mol. The van der Waals surface area contributed by atoms with Gasteiger partial charge in [0.15, 0.2) is 0 Å². The number of hydrogen-bond donors (Lipinski definition) is 1. The second-order valence-corrected chi connectivity index (χ2v) is 4.83. The van der Waals surface area contributed by atoms with Crippen molar-refractivity contribution >= 4 is 11.6 Å². The number of halogens is 1. The van der Waals surface area contributed by atoms with Gasteiger partial charge in [0.1, 0.15) is 0 Å². The van der Waals surface area contributed by atoms with Gasteiger partial charge in [-0.05, 0) is 43.9 Å². The smallest absolute Gasteiger partial charge is 0.274 e. The number of H-pyrrole nitrogens is 1. The van der Waals surface area contributed by atoms with E-state index >= 15 is 0 Å². The number of nitrogens with zero attached hydrogens (tertiary/aromatic N) is 1. The number of aromatic amines is 1. The Hall–Kier alpha value is -1.48. The molecule has 3 nitrogen and oxygen atoms in total. The molecule has 0 fully saturated rings. The van der Waals surface area contributed by atoms with Crippen LogP contribution in [0, 0.1) is 0 Å². The summed E-state index contributed by atoms with van der Waals surface area (Å²) in [4.78, 5) is 12.2. The zero-order chi connectivity index (χ0) is 11.8. The molecule has 1 aliphatic carbocycles. The molecule has 0 saturated carbocycles. The fraction of sp³-hybridized carbons (Fsp3) is 0.308. The molecule has 3 rings (SSSR count). The van der Waals surface area contributed by atoms with Crippen LogP contribution in [0.4, 0.5) is 0 Å². The zero-order valence-corrected chi connectivity index (χ0v) is 10.1. The maximum atomic E-state index is 12.2. The van der Waals surface area contributed by atoms with Gasteiger partial charge in [0.05, 0.1) is 5.69 Å². The molecule has 0 radical (unpaired) electrons. The molecule has 17 heavy (non-hydrogen) atoms. The van der Waals surface area contributed by atoms with Crippen molar-refractivity contribution in [2.24, 2.45) is 0 Å². The van der Waals surface area contributed by atoms with Crippen molar-refractivity contribution in [1.82, 2.24) is 9.78 Å². The van der Waals surface area contributed by atoms with E-state index in [-0.39, 0.29) is 5.56 Å². The summed E-state index contributed by atoms with van der Waals surface area (Å²) in [7, 11) is 0. The second-order valence-electron chi connectivity index (χ2n) is 4.40. The van der Waals surface area contributed by atoms with Crippen molar-refractivity contribution in [2.75, 3.05) is 0 Å². The molecule has 4 heteroatoms. The van der Waals surface area contributed by atoms with Gasteiger partial charge in [-0.25, -0.2) is 4.68 Å². The summed E-state index contributed by atoms with van der Waals surface area (Å²) in [6.07, 6.45) is 4.12. The number of benzene rings is 1. The van der Waals surface area contributed by atoms with Gasteiger partial charge in [0.2, 0.25) is 0 Å². The normalized spacial score (nSPS) is 14.6. The first-order valence-corrected chi connectivity index (χ1v) is 6.22. The predicted molar refractivity (Wildman–Crippen MR) is 68.0 cm³/mol. The van der Waals surface area contributed by atoms with Gasteiger partial charge in [-0.1, -0.05) is 17.7 Å². The monoisotopic (exact) mass is 248 g/mol. The number of hydrogen-bond acceptors (Lipinski definition) is 1. The number of aromatic nitrogens is 2. The number of aryl methyl sites for hydroxylation is 1. The Bertz CT molecular complexity index is 612. The fourth-order valence-corrected chi connectivity index (χ4v) is 2.57. The highest BCUT2D eigenvalue weighted by Gasteiger charge is 2.17. The maximum absolute atomic E-state index is 12.2. The third kappa shape index (κ3) is 1.80. The lowest BCUT2D eigenvalue weighted by atomic mass is 9.98. The first-order valence-electron chi connectivity index (χ1n) is 5.84. The topological polar surface area (TPSA) is 37.8 Å². The van der Waals surface area contributed by atoms with E-state index < -0.39 is 0 Å². The third-order valence-corrected chi connectivity index (χ3v) is 3.48. The summed E-state index contributed by atoms with van der Waals surface area (Å²) >= 11 is 5.94. The van der Waals surface area contributed by atoms with Gasteiger partial charge in [-0.15, -0.1) is 0 Å². The van der Waals surface area contributed by atoms with E-state index in [0.29, 0.717) is 5.02 Å². The van der Waals surface area contributed by atoms with Crippen LogP contribution in [0.5, 0.6) is 0 Å². The Kier molecular flexibility index (Phi) is 2.56. The second kappa shape index (κ2) is 4.08. The molecule has 0 unspecified atom stereocenters. The van der Waals surface area contributed by atoms with Crippen LogP contribution in [0.1, 0.15) is 24.1 Å². The molecule has 1 aromatic heterocycles. The molecule has 0 bridgehead atoms. The molecule has 88 valence electrons. The quantitative estimate of drug-likeness (QED) is 0.828. The molecule has 0 atom stereocenters. The molecule has 0 amide bonds. The van der Waals surface area contributed by atoms with E-state index in [2.05, 4.69) is 5.10 Å². The first kappa shape index (κ1) is 10.7. The molecule has 0 aliphatic heterocycles. The van der Waals surface area contributed by atoms with Crippen molar-refractivity contribution in [3.8, 4) is 5.69 Å². The molecule has 1 aromatic carbocycles. The number of fused-ring (bicyclic) bond motifs is 1. The van der Waals surface area contributed by atoms with E-state index in [4.69, 9.17) is 11.6 Å². The van der Waals surface area contributed by atoms with Crippen LogP contribution in [-0.4, -0.2) is 9.78 Å². The van der Waals surface area contributed by atoms with Gasteiger partial charge in [-0.3, -0.25) is 9.89 Å². The SMILES string of the molecule is O=c1c2c([nH]n1-c1cccc(Cl)c1)CCCC2. The molecule has 0 spiro atoms. The number of nitrogens with one attached hydrogen (secondary N) is 1. The Morgan fingerprint density at radius 2 is 2.06 bits per heavy atom. The maximum Gasteiger partial charge on any atom is 0.274 e. The molecular formula is C13H13ClN2O. The van der Waals surface area contributed by atoms with Gasteiger partial charge in [-0.2, -0.15) is 0 Å². The Labute approximate surface area is 104 Å². The van der Waals surface area contributed by atoms with Gasteiger partial charge < -0.3 is 0 Å². The molecule has 1 N–H and O–H groups in total. The Morgan fingerprint density at radius 3 is 2.82 bits per heavy atom. The summed E-state index contributed by atoms with van der Waals surface area (Å²) in [6.45, 7) is 0. The highest BCUT2D eigenvalue weighted by molar-refractivity contribution is 6.30. The largest absolute Gasteiger partial charge is 0.295 e. The van der Waals surface area contributed by atoms with Crippen molar-refractivity contribution in [2.45, 2.75) is 25.7 Å². The highest BCUT2D eigenvalue weighted by Crippen LogP contribution is 2.18. The predicted octanol–water partition coefficient (Wildman–Crippen LogP) is 2.70. The summed E-state index contributed by atoms with van der Waals surface area (Å²) in [5.41, 5.74) is 2.90. The van der Waals surface area contributed by atoms with Crippen molar-refractivity contribution in [3.63, 3.8) is 0 Å². The molecule has 0 saturated heterocycles. The van der Waals surface area contributed by atoms with Crippen LogP contribution >= 0.6 is 11.6 Å². The lowest BCUT2D eigenvalue weighted by Crippen LogP contribution is -2.17. The minimum atomic E-state index is 0.0713. The minimum Gasteiger partial charge on any atom is -0.295 e. The standard InChI is InChI=1S/C13H13ClN2O/c14-9-4-3-5-10(8-9)16-13(17)11-6-1-2-7-12(11)15-16/h3-5,8,15H,1-2,6-7H2. The van der Waals surface area contributed by atoms with Crippen LogP contribution in [0.3, 0.4) is 0 Å². The van der Waals surface area contributed by atoms with E-state index in [1.165, 1.54) is 0 Å². The van der Waals surface area contributed by atoms with E-state index in [9.17, 15) is 4.79 Å². The van der Waals surface area contributed by atoms with Crippen molar-refractivity contribution in [3.05, 3.63) is 50.9 Å². The summed E-state index contributed by atoms with van der Waals surface area (Å²) < 4.78 is 1.60. The van der Waals surface area contributed by atoms with Crippen LogP contribution in [0.15, 0.2) is 29.1 Å². The van der Waals surface area contributed by atoms with E-state index in [0.717, 1.165) is 42.6 Å². The lowest BCUT2D eigenvalue weighted by molar-refractivity contribution is 0.671. The lowest BCUT2D eigenvalue weighted by Gasteiger charge is -2.07. The molecule has 1 heterocycles. The Morgan fingerprint density at radius 1 is 1.24 bits per heavy atom. The van der Waals surface area contributed by atoms with Gasteiger partial charge in [0.25, 0.3) is 5.56 Å². The van der Waals surface area contributed by atoms with Crippen LogP contribution in [0.25, 0.3) is 5.69 Å². The minimum absolute atomic E-state index is 0.0713. The van der Waals surface area contributed by atoms with E-state index in [1.54, 1.807) is 16.8 Å². The van der Waals surface area contributed by atoms with Crippen molar-refractivity contribution < 1.29 is 0 Å². The molecular weight excluding hydrogens is 236 g/mol. The Balaban J connectivity index is 2.16. The molecule has 2 aromatic rings. The molecule has 1 aliphatic rings. The fourth-order valence-electron chi connectivity index (χ4n) is 2.38. The van der Waals surface area contributed by atoms with Crippen LogP contribution < -0.4 is 5.56 Å². The number of rotatable bonds is 1. The summed E-state index contributed by atoms with van der Waals surface area (Å²) in [5.74, 6) is 0. The van der Waals surface area contributed by atoms with E-state index in [1.807, 2.05) is 12.1 Å². The highest BCUT2D eigenvalue weighted by atomic mass is 35.5. The summed E-state index contributed by atoms with van der Waals surface area (Å²) in [6, 6.07) is 7.34. The van der Waals surface area contributed by atoms with Gasteiger partial charge >= 0.3 is 0 Å². The van der Waals surface area contributed by atoms with Gasteiger partial charge in [0, 0.05) is 16.3 Å². The van der Waals surface area contributed by atoms with Crippen molar-refractivity contribution in [1.29, 1.82) is 0 Å². The zero-order valence-electron chi connectivity index (χ0n) is 9.37. The van der Waals surface area contributed by atoms with Crippen LogP contribution in [0.2, 0.25) is 5.02 Å². The summed E-state index contributed by atoms with van der Waals surface area (Å²) in [5, 5.41) is 3.83. The third-order valence-electron chi connectivity index (χ3n) is 3.24. The average Bonchev–Trinajstić information content (AvgIpc) is 2.68. The first-order chi connectivity index (χ1) is 8.25. The van der Waals surface area contributed by atoms with Crippen LogP contribution in [-0.2, 0) is 12.8 Å².